The number of aliphatic carboxylic acids is 1. The lowest BCUT2D eigenvalue weighted by atomic mass is 10.4. The molecule has 4 heteroatoms. The second kappa shape index (κ2) is 6.12. The Labute approximate surface area is 66.4 Å². The van der Waals surface area contributed by atoms with Gasteiger partial charge in [-0.05, 0) is 13.0 Å². The van der Waals surface area contributed by atoms with Crippen LogP contribution >= 0.6 is 0 Å². The van der Waals surface area contributed by atoms with E-state index in [1.54, 1.807) is 4.90 Å². The van der Waals surface area contributed by atoms with Gasteiger partial charge >= 0.3 is 5.97 Å². The first-order chi connectivity index (χ1) is 5.20. The molecule has 0 aromatic carbocycles. The third-order valence-electron chi connectivity index (χ3n) is 1.31. The molecule has 0 saturated carbocycles. The van der Waals surface area contributed by atoms with Crippen molar-refractivity contribution in [3.8, 4) is 0 Å². The van der Waals surface area contributed by atoms with E-state index in [1.165, 1.54) is 0 Å². The number of aliphatic hydroxyl groups excluding tert-OH is 1. The molecule has 0 aliphatic carbocycles. The average Bonchev–Trinajstić information content (AvgIpc) is 1.87. The van der Waals surface area contributed by atoms with E-state index in [1.807, 2.05) is 6.92 Å². The Morgan fingerprint density at radius 1 is 1.45 bits per heavy atom. The van der Waals surface area contributed by atoms with Crippen molar-refractivity contribution in [2.75, 3.05) is 26.2 Å². The molecule has 0 aromatic rings. The molecule has 0 saturated heterocycles. The fourth-order valence-electron chi connectivity index (χ4n) is 0.919. The zero-order valence-electron chi connectivity index (χ0n) is 6.79. The Kier molecular flexibility index (Phi) is 5.78. The Balaban J connectivity index is 3.59. The average molecular weight is 161 g/mol. The topological polar surface area (TPSA) is 60.8 Å². The fourth-order valence-corrected chi connectivity index (χ4v) is 0.919. The zero-order chi connectivity index (χ0) is 8.69. The van der Waals surface area contributed by atoms with Gasteiger partial charge in [-0.1, -0.05) is 6.92 Å². The molecule has 4 nitrogen and oxygen atoms in total. The van der Waals surface area contributed by atoms with Gasteiger partial charge in [-0.2, -0.15) is 0 Å². The van der Waals surface area contributed by atoms with Gasteiger partial charge in [0.15, 0.2) is 0 Å². The van der Waals surface area contributed by atoms with Crippen LogP contribution in [0.4, 0.5) is 0 Å². The molecule has 0 aliphatic rings. The maximum absolute atomic E-state index is 10.2. The van der Waals surface area contributed by atoms with Crippen molar-refractivity contribution in [2.24, 2.45) is 0 Å². The number of carbonyl (C=O) groups is 1. The number of aliphatic hydroxyl groups is 1. The van der Waals surface area contributed by atoms with Gasteiger partial charge < -0.3 is 10.2 Å². The van der Waals surface area contributed by atoms with Gasteiger partial charge in [0.25, 0.3) is 0 Å². The third kappa shape index (κ3) is 5.82. The van der Waals surface area contributed by atoms with E-state index in [-0.39, 0.29) is 13.2 Å². The van der Waals surface area contributed by atoms with Crippen molar-refractivity contribution in [2.45, 2.75) is 13.3 Å². The lowest BCUT2D eigenvalue weighted by molar-refractivity contribution is -0.138. The van der Waals surface area contributed by atoms with Gasteiger partial charge in [-0.15, -0.1) is 0 Å². The van der Waals surface area contributed by atoms with E-state index in [4.69, 9.17) is 10.2 Å². The molecule has 11 heavy (non-hydrogen) atoms. The van der Waals surface area contributed by atoms with E-state index < -0.39 is 5.97 Å². The van der Waals surface area contributed by atoms with Crippen molar-refractivity contribution in [1.82, 2.24) is 4.90 Å². The quantitative estimate of drug-likeness (QED) is 0.565. The molecule has 0 spiro atoms. The molecule has 0 rings (SSSR count). The van der Waals surface area contributed by atoms with E-state index in [9.17, 15) is 4.79 Å². The highest BCUT2D eigenvalue weighted by Crippen LogP contribution is 1.89. The lowest BCUT2D eigenvalue weighted by Crippen LogP contribution is -2.32. The van der Waals surface area contributed by atoms with Gasteiger partial charge in [0.1, 0.15) is 0 Å². The van der Waals surface area contributed by atoms with Crippen LogP contribution in [0, 0.1) is 0 Å². The summed E-state index contributed by atoms with van der Waals surface area (Å²) in [5, 5.41) is 17.0. The fraction of sp³-hybridized carbons (Fsp3) is 0.857. The van der Waals surface area contributed by atoms with Crippen molar-refractivity contribution >= 4 is 5.97 Å². The maximum atomic E-state index is 10.2. The predicted molar refractivity (Wildman–Crippen MR) is 41.5 cm³/mol. The van der Waals surface area contributed by atoms with Crippen molar-refractivity contribution in [3.05, 3.63) is 0 Å². The summed E-state index contributed by atoms with van der Waals surface area (Å²) in [7, 11) is 0. The highest BCUT2D eigenvalue weighted by molar-refractivity contribution is 5.69. The van der Waals surface area contributed by atoms with E-state index in [0.717, 1.165) is 13.0 Å². The molecule has 0 unspecified atom stereocenters. The molecular formula is C7H15NO3. The minimum absolute atomic E-state index is 0.0211. The Bertz CT molecular complexity index is 110. The molecule has 0 bridgehead atoms. The van der Waals surface area contributed by atoms with E-state index >= 15 is 0 Å². The largest absolute Gasteiger partial charge is 0.480 e. The number of hydrogen-bond donors (Lipinski definition) is 2. The first-order valence-corrected chi connectivity index (χ1v) is 3.75. The summed E-state index contributed by atoms with van der Waals surface area (Å²) in [4.78, 5) is 11.9. The van der Waals surface area contributed by atoms with Crippen LogP contribution in [0.2, 0.25) is 0 Å². The number of carboxylic acid groups (broad SMARTS) is 1. The molecule has 0 radical (unpaired) electrons. The predicted octanol–water partition coefficient (Wildman–Crippen LogP) is -0.225. The van der Waals surface area contributed by atoms with Gasteiger partial charge in [-0.3, -0.25) is 9.69 Å². The van der Waals surface area contributed by atoms with E-state index in [2.05, 4.69) is 0 Å². The summed E-state index contributed by atoms with van der Waals surface area (Å²) in [6.07, 6.45) is 0.910. The summed E-state index contributed by atoms with van der Waals surface area (Å²) >= 11 is 0. The second-order valence-corrected chi connectivity index (χ2v) is 2.39. The van der Waals surface area contributed by atoms with Gasteiger partial charge in [0.2, 0.25) is 0 Å². The van der Waals surface area contributed by atoms with Crippen LogP contribution in [0.3, 0.4) is 0 Å². The highest BCUT2D eigenvalue weighted by Gasteiger charge is 2.06. The Hall–Kier alpha value is -0.610. The van der Waals surface area contributed by atoms with Crippen LogP contribution in [0.5, 0.6) is 0 Å². The smallest absolute Gasteiger partial charge is 0.317 e. The summed E-state index contributed by atoms with van der Waals surface area (Å²) in [6, 6.07) is 0. The first kappa shape index (κ1) is 10.4. The Morgan fingerprint density at radius 2 is 2.09 bits per heavy atom. The normalized spacial score (nSPS) is 10.5. The lowest BCUT2D eigenvalue weighted by Gasteiger charge is -2.17. The molecule has 66 valence electrons. The molecular weight excluding hydrogens is 146 g/mol. The summed E-state index contributed by atoms with van der Waals surface area (Å²) < 4.78 is 0. The van der Waals surface area contributed by atoms with Crippen molar-refractivity contribution in [3.63, 3.8) is 0 Å². The molecule has 0 aliphatic heterocycles. The van der Waals surface area contributed by atoms with Crippen LogP contribution in [-0.4, -0.2) is 47.3 Å². The summed E-state index contributed by atoms with van der Waals surface area (Å²) in [5.41, 5.74) is 0. The second-order valence-electron chi connectivity index (χ2n) is 2.39. The standard InChI is InChI=1S/C7H15NO3/c1-2-3-8(4-5-9)6-7(10)11/h9H,2-6H2,1H3,(H,10,11). The number of nitrogens with zero attached hydrogens (tertiary/aromatic N) is 1. The minimum Gasteiger partial charge on any atom is -0.480 e. The molecule has 0 fully saturated rings. The zero-order valence-corrected chi connectivity index (χ0v) is 6.79. The molecule has 0 aromatic heterocycles. The van der Waals surface area contributed by atoms with Crippen LogP contribution in [0.1, 0.15) is 13.3 Å². The SMILES string of the molecule is CCCN(CCO)CC(=O)O. The van der Waals surface area contributed by atoms with Crippen LogP contribution < -0.4 is 0 Å². The monoisotopic (exact) mass is 161 g/mol. The molecule has 0 heterocycles. The molecule has 0 amide bonds. The first-order valence-electron chi connectivity index (χ1n) is 3.75. The van der Waals surface area contributed by atoms with Crippen molar-refractivity contribution < 1.29 is 15.0 Å². The van der Waals surface area contributed by atoms with Gasteiger partial charge in [-0.25, -0.2) is 0 Å². The number of rotatable bonds is 6. The van der Waals surface area contributed by atoms with Crippen molar-refractivity contribution in [1.29, 1.82) is 0 Å². The van der Waals surface area contributed by atoms with Gasteiger partial charge in [0, 0.05) is 6.54 Å². The van der Waals surface area contributed by atoms with Crippen LogP contribution in [-0.2, 0) is 4.79 Å². The molecule has 0 atom stereocenters. The Morgan fingerprint density at radius 3 is 2.45 bits per heavy atom. The van der Waals surface area contributed by atoms with Crippen LogP contribution in [0.15, 0.2) is 0 Å². The minimum atomic E-state index is -0.841. The van der Waals surface area contributed by atoms with E-state index in [0.29, 0.717) is 6.54 Å². The highest BCUT2D eigenvalue weighted by atomic mass is 16.4. The number of carboxylic acids is 1. The maximum Gasteiger partial charge on any atom is 0.317 e. The number of hydrogen-bond acceptors (Lipinski definition) is 3. The summed E-state index contributed by atoms with van der Waals surface area (Å²) in [5.74, 6) is -0.841. The van der Waals surface area contributed by atoms with Crippen LogP contribution in [0.25, 0.3) is 0 Å². The third-order valence-corrected chi connectivity index (χ3v) is 1.31. The molecule has 2 N–H and O–H groups in total. The summed E-state index contributed by atoms with van der Waals surface area (Å²) in [6.45, 7) is 3.20. The van der Waals surface area contributed by atoms with Gasteiger partial charge in [0.05, 0.1) is 13.2 Å².